The topological polar surface area (TPSA) is 88.7 Å². The minimum absolute atomic E-state index is 0.148. The summed E-state index contributed by atoms with van der Waals surface area (Å²) >= 11 is 14.3. The second kappa shape index (κ2) is 9.69. The summed E-state index contributed by atoms with van der Waals surface area (Å²) < 4.78 is 17.5. The van der Waals surface area contributed by atoms with Crippen LogP contribution in [0.1, 0.15) is 79.1 Å². The molecular formula is C31H29Cl2N3O4S. The van der Waals surface area contributed by atoms with Gasteiger partial charge in [0.05, 0.1) is 27.5 Å². The van der Waals surface area contributed by atoms with Crippen LogP contribution in [-0.4, -0.2) is 38.8 Å². The van der Waals surface area contributed by atoms with Crippen molar-refractivity contribution in [3.05, 3.63) is 63.5 Å². The molecule has 1 N–H and O–H groups in total. The Morgan fingerprint density at radius 1 is 1.07 bits per heavy atom. The number of carbonyl (C=O) groups is 1. The number of nitrogens with zero attached hydrogens (tertiary/aromatic N) is 3. The van der Waals surface area contributed by atoms with Gasteiger partial charge in [0.2, 0.25) is 0 Å². The Labute approximate surface area is 251 Å². The van der Waals surface area contributed by atoms with Crippen molar-refractivity contribution in [1.82, 2.24) is 9.53 Å². The van der Waals surface area contributed by atoms with Crippen LogP contribution in [0.5, 0.6) is 0 Å². The number of aromatic carboxylic acids is 1. The smallest absolute Gasteiger partial charge is 0.356 e. The van der Waals surface area contributed by atoms with Gasteiger partial charge in [-0.05, 0) is 98.6 Å². The lowest BCUT2D eigenvalue weighted by atomic mass is 9.59. The Hall–Kier alpha value is -2.65. The van der Waals surface area contributed by atoms with Crippen molar-refractivity contribution in [2.75, 3.05) is 4.90 Å². The zero-order valence-electron chi connectivity index (χ0n) is 22.3. The maximum Gasteiger partial charge on any atom is 0.356 e. The summed E-state index contributed by atoms with van der Waals surface area (Å²) in [6, 6.07) is 12.7. The zero-order valence-corrected chi connectivity index (χ0v) is 24.6. The van der Waals surface area contributed by atoms with Crippen LogP contribution in [0.25, 0.3) is 21.3 Å². The lowest BCUT2D eigenvalue weighted by Gasteiger charge is -2.55. The van der Waals surface area contributed by atoms with Crippen molar-refractivity contribution < 1.29 is 19.2 Å². The Morgan fingerprint density at radius 2 is 1.80 bits per heavy atom. The van der Waals surface area contributed by atoms with Crippen molar-refractivity contribution in [3.8, 4) is 11.3 Å². The summed E-state index contributed by atoms with van der Waals surface area (Å²) in [4.78, 5) is 14.1. The van der Waals surface area contributed by atoms with Gasteiger partial charge in [0.15, 0.2) is 5.69 Å². The first-order chi connectivity index (χ1) is 19.9. The van der Waals surface area contributed by atoms with Crippen molar-refractivity contribution in [2.24, 2.45) is 5.41 Å². The molecule has 212 valence electrons. The average molecular weight is 611 g/mol. The van der Waals surface area contributed by atoms with Crippen molar-refractivity contribution in [1.29, 1.82) is 0 Å². The number of rotatable bonds is 7. The van der Waals surface area contributed by atoms with Gasteiger partial charge in [-0.2, -0.15) is 4.37 Å². The molecule has 0 radical (unpaired) electrons. The molecule has 0 amide bonds. The van der Waals surface area contributed by atoms with Gasteiger partial charge in [0, 0.05) is 40.2 Å². The van der Waals surface area contributed by atoms with Gasteiger partial charge < -0.3 is 19.3 Å². The van der Waals surface area contributed by atoms with Crippen LogP contribution in [0.3, 0.4) is 0 Å². The second-order valence-corrected chi connectivity index (χ2v) is 13.9. The average Bonchev–Trinajstić information content (AvgIpc) is 3.45. The maximum atomic E-state index is 11.5. The number of benzene rings is 2. The predicted octanol–water partition coefficient (Wildman–Crippen LogP) is 8.33. The molecule has 4 aromatic rings. The van der Waals surface area contributed by atoms with Crippen LogP contribution < -0.4 is 4.90 Å². The standard InChI is InChI=1S/C31H29Cl2N3O4S/c32-23-2-1-3-24(33)26(23)27-22(29(40-34-27)16-4-5-16)15-39-20-13-31(14-20)11-18-6-7-19(12-31)36(18)17-8-9-21-25(10-17)41-35-28(21)30(37)38/h1-3,8-10,16,18-20H,4-7,11-15H2,(H,37,38)/t18-,19+,20?,31?. The van der Waals surface area contributed by atoms with E-state index in [0.717, 1.165) is 52.7 Å². The van der Waals surface area contributed by atoms with E-state index < -0.39 is 5.97 Å². The number of piperidine rings is 1. The third-order valence-corrected chi connectivity index (χ3v) is 11.1. The largest absolute Gasteiger partial charge is 0.476 e. The summed E-state index contributed by atoms with van der Waals surface area (Å²) in [6.07, 6.45) is 9.35. The Morgan fingerprint density at radius 3 is 2.49 bits per heavy atom. The van der Waals surface area contributed by atoms with Gasteiger partial charge in [-0.1, -0.05) is 34.4 Å². The predicted molar refractivity (Wildman–Crippen MR) is 159 cm³/mol. The first kappa shape index (κ1) is 26.0. The molecule has 4 aliphatic rings. The third-order valence-electron chi connectivity index (χ3n) is 9.66. The zero-order chi connectivity index (χ0) is 27.9. The number of fused-ring (bicyclic) bond motifs is 3. The minimum Gasteiger partial charge on any atom is -0.476 e. The van der Waals surface area contributed by atoms with Crippen LogP contribution in [0.2, 0.25) is 10.0 Å². The quantitative estimate of drug-likeness (QED) is 0.225. The SMILES string of the molecule is O=C(O)c1nsc2cc(N3[C@@H]4CC[C@H]3CC3(CC(OCc5c(-c6c(Cl)cccc6Cl)noc5C5CC5)C3)C4)ccc12. The Balaban J connectivity index is 0.958. The van der Waals surface area contributed by atoms with Gasteiger partial charge in [0.25, 0.3) is 0 Å². The number of carboxylic acids is 1. The molecule has 2 aromatic carbocycles. The molecule has 2 atom stereocenters. The van der Waals surface area contributed by atoms with Crippen LogP contribution in [0, 0.1) is 5.41 Å². The summed E-state index contributed by atoms with van der Waals surface area (Å²) in [7, 11) is 0. The molecule has 2 bridgehead atoms. The number of hydrogen-bond acceptors (Lipinski definition) is 7. The molecule has 2 saturated carbocycles. The van der Waals surface area contributed by atoms with Crippen LogP contribution >= 0.6 is 34.7 Å². The number of ether oxygens (including phenoxy) is 1. The molecule has 2 saturated heterocycles. The molecule has 4 fully saturated rings. The van der Waals surface area contributed by atoms with Gasteiger partial charge in [-0.15, -0.1) is 0 Å². The fourth-order valence-electron chi connectivity index (χ4n) is 7.71. The highest BCUT2D eigenvalue weighted by molar-refractivity contribution is 7.13. The highest BCUT2D eigenvalue weighted by Crippen LogP contribution is 2.58. The minimum atomic E-state index is -0.970. The fourth-order valence-corrected chi connectivity index (χ4v) is 9.09. The molecule has 41 heavy (non-hydrogen) atoms. The molecular weight excluding hydrogens is 581 g/mol. The molecule has 0 unspecified atom stereocenters. The van der Waals surface area contributed by atoms with Gasteiger partial charge in [0.1, 0.15) is 11.5 Å². The van der Waals surface area contributed by atoms with E-state index in [0.29, 0.717) is 45.8 Å². The molecule has 7 nitrogen and oxygen atoms in total. The molecule has 1 spiro atoms. The van der Waals surface area contributed by atoms with E-state index in [2.05, 4.69) is 26.6 Å². The third kappa shape index (κ3) is 4.37. The van der Waals surface area contributed by atoms with Gasteiger partial charge >= 0.3 is 5.97 Å². The van der Waals surface area contributed by atoms with E-state index in [1.165, 1.54) is 42.9 Å². The number of anilines is 1. The molecule has 2 aliphatic heterocycles. The van der Waals surface area contributed by atoms with E-state index in [4.69, 9.17) is 32.5 Å². The summed E-state index contributed by atoms with van der Waals surface area (Å²) in [5.41, 5.74) is 4.09. The van der Waals surface area contributed by atoms with Crippen molar-refractivity contribution in [3.63, 3.8) is 0 Å². The van der Waals surface area contributed by atoms with Crippen LogP contribution in [-0.2, 0) is 11.3 Å². The van der Waals surface area contributed by atoms with E-state index in [-0.39, 0.29) is 11.8 Å². The summed E-state index contributed by atoms with van der Waals surface area (Å²) in [5.74, 6) is 0.357. The molecule has 4 heterocycles. The van der Waals surface area contributed by atoms with Gasteiger partial charge in [-0.25, -0.2) is 4.79 Å². The monoisotopic (exact) mass is 609 g/mol. The Bertz CT molecular complexity index is 1640. The van der Waals surface area contributed by atoms with Crippen molar-refractivity contribution in [2.45, 2.75) is 82.1 Å². The highest BCUT2D eigenvalue weighted by atomic mass is 35.5. The van der Waals surface area contributed by atoms with E-state index in [9.17, 15) is 9.90 Å². The van der Waals surface area contributed by atoms with E-state index in [1.54, 1.807) is 0 Å². The van der Waals surface area contributed by atoms with E-state index in [1.807, 2.05) is 24.3 Å². The lowest BCUT2D eigenvalue weighted by Crippen LogP contribution is -2.54. The number of carboxylic acid groups (broad SMARTS) is 1. The number of halogens is 2. The lowest BCUT2D eigenvalue weighted by molar-refractivity contribution is -0.103. The first-order valence-corrected chi connectivity index (χ1v) is 15.9. The number of aromatic nitrogens is 2. The molecule has 8 rings (SSSR count). The fraction of sp³-hybridized carbons (Fsp3) is 0.452. The van der Waals surface area contributed by atoms with Gasteiger partial charge in [-0.3, -0.25) is 0 Å². The second-order valence-electron chi connectivity index (χ2n) is 12.3. The maximum absolute atomic E-state index is 11.5. The van der Waals surface area contributed by atoms with Crippen molar-refractivity contribution >= 4 is 56.5 Å². The first-order valence-electron chi connectivity index (χ1n) is 14.3. The molecule has 10 heteroatoms. The normalized spacial score (nSPS) is 27.1. The number of hydrogen-bond donors (Lipinski definition) is 1. The highest BCUT2D eigenvalue weighted by Gasteiger charge is 2.54. The summed E-state index contributed by atoms with van der Waals surface area (Å²) in [6.45, 7) is 0.457. The molecule has 2 aromatic heterocycles. The van der Waals surface area contributed by atoms with Crippen LogP contribution in [0.4, 0.5) is 5.69 Å². The summed E-state index contributed by atoms with van der Waals surface area (Å²) in [5, 5.41) is 15.7. The van der Waals surface area contributed by atoms with Crippen LogP contribution in [0.15, 0.2) is 40.9 Å². The van der Waals surface area contributed by atoms with E-state index >= 15 is 0 Å². The Kier molecular flexibility index (Phi) is 6.15. The molecule has 2 aliphatic carbocycles.